The third-order valence-corrected chi connectivity index (χ3v) is 3.90. The Bertz CT molecular complexity index is 985. The van der Waals surface area contributed by atoms with Crippen molar-refractivity contribution >= 4 is 23.2 Å². The quantitative estimate of drug-likeness (QED) is 0.628. The Labute approximate surface area is 159 Å². The number of nitrogens with one attached hydrogen (secondary N) is 2. The van der Waals surface area contributed by atoms with E-state index in [0.29, 0.717) is 22.5 Å². The summed E-state index contributed by atoms with van der Waals surface area (Å²) < 4.78 is 38.5. The molecular formula is C21H15F3N2O2. The van der Waals surface area contributed by atoms with Crippen molar-refractivity contribution in [1.29, 1.82) is 0 Å². The van der Waals surface area contributed by atoms with Gasteiger partial charge in [-0.3, -0.25) is 9.59 Å². The molecule has 7 heteroatoms. The van der Waals surface area contributed by atoms with Gasteiger partial charge in [-0.1, -0.05) is 42.5 Å². The highest BCUT2D eigenvalue weighted by molar-refractivity contribution is 6.43. The summed E-state index contributed by atoms with van der Waals surface area (Å²) in [6.45, 7) is 0. The minimum atomic E-state index is -4.42. The van der Waals surface area contributed by atoms with E-state index in [1.165, 1.54) is 18.2 Å². The lowest BCUT2D eigenvalue weighted by atomic mass is 10.0. The zero-order chi connectivity index (χ0) is 20.1. The first-order chi connectivity index (χ1) is 13.3. The number of halogens is 3. The minimum absolute atomic E-state index is 0.351. The number of benzene rings is 3. The molecule has 2 amide bonds. The van der Waals surface area contributed by atoms with Crippen molar-refractivity contribution in [3.8, 4) is 11.1 Å². The van der Waals surface area contributed by atoms with Crippen LogP contribution in [0.15, 0.2) is 78.9 Å². The molecule has 0 radical (unpaired) electrons. The van der Waals surface area contributed by atoms with Crippen LogP contribution in [0.5, 0.6) is 0 Å². The summed E-state index contributed by atoms with van der Waals surface area (Å²) in [5, 5.41) is 4.91. The molecule has 0 bridgehead atoms. The number of carbonyl (C=O) groups is 2. The molecule has 3 aromatic carbocycles. The molecule has 4 nitrogen and oxygen atoms in total. The summed E-state index contributed by atoms with van der Waals surface area (Å²) in [7, 11) is 0. The van der Waals surface area contributed by atoms with E-state index in [-0.39, 0.29) is 0 Å². The van der Waals surface area contributed by atoms with Crippen molar-refractivity contribution in [2.75, 3.05) is 10.6 Å². The van der Waals surface area contributed by atoms with Crippen molar-refractivity contribution < 1.29 is 22.8 Å². The third kappa shape index (κ3) is 4.76. The molecule has 0 aliphatic carbocycles. The molecule has 3 aromatic rings. The van der Waals surface area contributed by atoms with E-state index in [9.17, 15) is 22.8 Å². The summed E-state index contributed by atoms with van der Waals surface area (Å²) in [5.74, 6) is -1.68. The van der Waals surface area contributed by atoms with Crippen molar-refractivity contribution in [3.63, 3.8) is 0 Å². The summed E-state index contributed by atoms with van der Waals surface area (Å²) in [4.78, 5) is 23.9. The normalized spacial score (nSPS) is 11.0. The molecule has 0 fully saturated rings. The lowest BCUT2D eigenvalue weighted by molar-refractivity contribution is -0.137. The first-order valence-corrected chi connectivity index (χ1v) is 8.28. The lowest BCUT2D eigenvalue weighted by Gasteiger charge is -2.10. The second-order valence-corrected chi connectivity index (χ2v) is 5.93. The van der Waals surface area contributed by atoms with E-state index in [4.69, 9.17) is 0 Å². The van der Waals surface area contributed by atoms with E-state index in [1.54, 1.807) is 48.5 Å². The molecule has 0 unspecified atom stereocenters. The molecule has 28 heavy (non-hydrogen) atoms. The number of carbonyl (C=O) groups excluding carboxylic acids is 2. The van der Waals surface area contributed by atoms with Crippen LogP contribution in [0, 0.1) is 0 Å². The smallest absolute Gasteiger partial charge is 0.318 e. The van der Waals surface area contributed by atoms with Crippen molar-refractivity contribution in [3.05, 3.63) is 84.4 Å². The van der Waals surface area contributed by atoms with Gasteiger partial charge in [0.2, 0.25) is 0 Å². The molecule has 0 aliphatic heterocycles. The van der Waals surface area contributed by atoms with Gasteiger partial charge in [-0.2, -0.15) is 13.2 Å². The zero-order valence-corrected chi connectivity index (χ0v) is 14.5. The number of para-hydroxylation sites is 1. The Kier molecular flexibility index (Phi) is 5.44. The third-order valence-electron chi connectivity index (χ3n) is 3.90. The first-order valence-electron chi connectivity index (χ1n) is 8.28. The number of anilines is 2. The zero-order valence-electron chi connectivity index (χ0n) is 14.5. The molecule has 0 aliphatic rings. The van der Waals surface area contributed by atoms with Gasteiger partial charge in [-0.15, -0.1) is 0 Å². The van der Waals surface area contributed by atoms with Gasteiger partial charge < -0.3 is 10.6 Å². The summed E-state index contributed by atoms with van der Waals surface area (Å²) in [6.07, 6.45) is -4.42. The van der Waals surface area contributed by atoms with Crippen LogP contribution in [-0.4, -0.2) is 11.8 Å². The van der Waals surface area contributed by atoms with Crippen molar-refractivity contribution in [2.24, 2.45) is 0 Å². The van der Waals surface area contributed by atoms with E-state index >= 15 is 0 Å². The van der Waals surface area contributed by atoms with Gasteiger partial charge in [-0.25, -0.2) is 0 Å². The molecule has 0 atom stereocenters. The fraction of sp³-hybridized carbons (Fsp3) is 0.0476. The minimum Gasteiger partial charge on any atom is -0.318 e. The summed E-state index contributed by atoms with van der Waals surface area (Å²) in [6, 6.07) is 19.7. The Morgan fingerprint density at radius 2 is 1.21 bits per heavy atom. The van der Waals surface area contributed by atoms with E-state index in [0.717, 1.165) is 12.1 Å². The maximum Gasteiger partial charge on any atom is 0.416 e. The van der Waals surface area contributed by atoms with Crippen LogP contribution in [0.4, 0.5) is 24.5 Å². The Morgan fingerprint density at radius 1 is 0.643 bits per heavy atom. The van der Waals surface area contributed by atoms with Gasteiger partial charge in [0, 0.05) is 11.4 Å². The number of amides is 2. The van der Waals surface area contributed by atoms with E-state index in [2.05, 4.69) is 10.6 Å². The molecule has 142 valence electrons. The second-order valence-electron chi connectivity index (χ2n) is 5.93. The van der Waals surface area contributed by atoms with Gasteiger partial charge in [-0.05, 0) is 47.5 Å². The maximum atomic E-state index is 12.8. The number of hydrogen-bond acceptors (Lipinski definition) is 2. The van der Waals surface area contributed by atoms with Crippen LogP contribution < -0.4 is 10.6 Å². The van der Waals surface area contributed by atoms with Crippen molar-refractivity contribution in [2.45, 2.75) is 6.18 Å². The van der Waals surface area contributed by atoms with Gasteiger partial charge >= 0.3 is 18.0 Å². The van der Waals surface area contributed by atoms with Gasteiger partial charge in [0.1, 0.15) is 0 Å². The summed E-state index contributed by atoms with van der Waals surface area (Å²) in [5.41, 5.74) is 1.05. The van der Waals surface area contributed by atoms with Gasteiger partial charge in [0.15, 0.2) is 0 Å². The predicted octanol–water partition coefficient (Wildman–Crippen LogP) is 4.95. The van der Waals surface area contributed by atoms with Crippen LogP contribution in [0.2, 0.25) is 0 Å². The Hall–Kier alpha value is -3.61. The fourth-order valence-corrected chi connectivity index (χ4v) is 2.52. The van der Waals surface area contributed by atoms with Crippen LogP contribution in [0.1, 0.15) is 5.56 Å². The van der Waals surface area contributed by atoms with Crippen molar-refractivity contribution in [1.82, 2.24) is 0 Å². The summed E-state index contributed by atoms with van der Waals surface area (Å²) >= 11 is 0. The highest BCUT2D eigenvalue weighted by atomic mass is 19.4. The number of rotatable bonds is 3. The van der Waals surface area contributed by atoms with Crippen LogP contribution >= 0.6 is 0 Å². The second kappa shape index (κ2) is 7.96. The van der Waals surface area contributed by atoms with Crippen LogP contribution in [-0.2, 0) is 15.8 Å². The number of alkyl halides is 3. The monoisotopic (exact) mass is 384 g/mol. The highest BCUT2D eigenvalue weighted by Gasteiger charge is 2.30. The topological polar surface area (TPSA) is 58.2 Å². The molecule has 0 heterocycles. The molecule has 0 spiro atoms. The lowest BCUT2D eigenvalue weighted by Crippen LogP contribution is -2.29. The molecular weight excluding hydrogens is 369 g/mol. The van der Waals surface area contributed by atoms with Crippen LogP contribution in [0.3, 0.4) is 0 Å². The molecule has 2 N–H and O–H groups in total. The standard InChI is InChI=1S/C21H15F3N2O2/c22-21(23,24)16-6-4-5-15(13-16)14-9-11-18(12-10-14)26-20(28)19(27)25-17-7-2-1-3-8-17/h1-13H,(H,25,27)(H,26,28). The fourth-order valence-electron chi connectivity index (χ4n) is 2.52. The maximum absolute atomic E-state index is 12.8. The molecule has 0 saturated carbocycles. The molecule has 0 aromatic heterocycles. The first kappa shape index (κ1) is 19.2. The highest BCUT2D eigenvalue weighted by Crippen LogP contribution is 2.32. The molecule has 0 saturated heterocycles. The van der Waals surface area contributed by atoms with Gasteiger partial charge in [0.05, 0.1) is 5.56 Å². The Morgan fingerprint density at radius 3 is 1.79 bits per heavy atom. The Balaban J connectivity index is 1.68. The average molecular weight is 384 g/mol. The number of hydrogen-bond donors (Lipinski definition) is 2. The van der Waals surface area contributed by atoms with E-state index < -0.39 is 23.6 Å². The van der Waals surface area contributed by atoms with Gasteiger partial charge in [0.25, 0.3) is 0 Å². The average Bonchev–Trinajstić information content (AvgIpc) is 2.69. The van der Waals surface area contributed by atoms with E-state index in [1.807, 2.05) is 0 Å². The SMILES string of the molecule is O=C(Nc1ccccc1)C(=O)Nc1ccc(-c2cccc(C(F)(F)F)c2)cc1. The van der Waals surface area contributed by atoms with Crippen LogP contribution in [0.25, 0.3) is 11.1 Å². The predicted molar refractivity (Wildman–Crippen MR) is 101 cm³/mol. The molecule has 3 rings (SSSR count). The largest absolute Gasteiger partial charge is 0.416 e.